The SMILES string of the molecule is CCn1cc(CN2CCN(Cc3ccc(C)o3)[C@H]3CS(=O)(=O)C[C@H]32)cn1. The number of aromatic nitrogens is 2. The van der Waals surface area contributed by atoms with E-state index in [1.807, 2.05) is 29.9 Å². The zero-order chi connectivity index (χ0) is 18.3. The molecule has 2 aliphatic rings. The smallest absolute Gasteiger partial charge is 0.153 e. The Kier molecular flexibility index (Phi) is 4.66. The summed E-state index contributed by atoms with van der Waals surface area (Å²) in [5, 5.41) is 4.34. The van der Waals surface area contributed by atoms with Gasteiger partial charge in [-0.2, -0.15) is 5.10 Å². The van der Waals surface area contributed by atoms with Crippen molar-refractivity contribution < 1.29 is 12.8 Å². The van der Waals surface area contributed by atoms with Gasteiger partial charge in [0.2, 0.25) is 0 Å². The highest BCUT2D eigenvalue weighted by atomic mass is 32.2. The Balaban J connectivity index is 1.51. The van der Waals surface area contributed by atoms with Crippen molar-refractivity contribution in [2.45, 2.75) is 45.6 Å². The summed E-state index contributed by atoms with van der Waals surface area (Å²) in [6, 6.07) is 4.01. The summed E-state index contributed by atoms with van der Waals surface area (Å²) in [4.78, 5) is 4.59. The van der Waals surface area contributed by atoms with E-state index in [1.54, 1.807) is 0 Å². The highest BCUT2D eigenvalue weighted by molar-refractivity contribution is 7.91. The van der Waals surface area contributed by atoms with Crippen LogP contribution in [0.2, 0.25) is 0 Å². The van der Waals surface area contributed by atoms with Gasteiger partial charge in [-0.1, -0.05) is 0 Å². The van der Waals surface area contributed by atoms with Crippen molar-refractivity contribution in [2.24, 2.45) is 0 Å². The van der Waals surface area contributed by atoms with Crippen molar-refractivity contribution in [3.63, 3.8) is 0 Å². The molecule has 2 aliphatic heterocycles. The van der Waals surface area contributed by atoms with Crippen LogP contribution in [0.25, 0.3) is 0 Å². The van der Waals surface area contributed by atoms with Crippen molar-refractivity contribution in [1.82, 2.24) is 19.6 Å². The van der Waals surface area contributed by atoms with E-state index in [2.05, 4.69) is 28.0 Å². The molecule has 8 heteroatoms. The molecule has 0 aliphatic carbocycles. The predicted octanol–water partition coefficient (Wildman–Crippen LogP) is 1.29. The normalized spacial score (nSPS) is 26.2. The van der Waals surface area contributed by atoms with Crippen molar-refractivity contribution in [2.75, 3.05) is 24.6 Å². The molecule has 2 fully saturated rings. The predicted molar refractivity (Wildman–Crippen MR) is 98.4 cm³/mol. The van der Waals surface area contributed by atoms with Crippen LogP contribution in [-0.2, 0) is 29.5 Å². The first-order valence-corrected chi connectivity index (χ1v) is 11.0. The molecule has 142 valence electrons. The zero-order valence-corrected chi connectivity index (χ0v) is 16.2. The van der Waals surface area contributed by atoms with Crippen LogP contribution in [0.1, 0.15) is 24.0 Å². The lowest BCUT2D eigenvalue weighted by molar-refractivity contribution is 0.0316. The van der Waals surface area contributed by atoms with E-state index >= 15 is 0 Å². The summed E-state index contributed by atoms with van der Waals surface area (Å²) in [6.07, 6.45) is 3.94. The van der Waals surface area contributed by atoms with E-state index in [-0.39, 0.29) is 23.6 Å². The first kappa shape index (κ1) is 17.8. The Morgan fingerprint density at radius 2 is 1.85 bits per heavy atom. The molecule has 0 unspecified atom stereocenters. The first-order valence-electron chi connectivity index (χ1n) is 9.18. The lowest BCUT2D eigenvalue weighted by Crippen LogP contribution is -2.58. The van der Waals surface area contributed by atoms with Crippen LogP contribution in [0.15, 0.2) is 28.9 Å². The quantitative estimate of drug-likeness (QED) is 0.781. The van der Waals surface area contributed by atoms with E-state index in [0.29, 0.717) is 6.54 Å². The highest BCUT2D eigenvalue weighted by Crippen LogP contribution is 2.29. The monoisotopic (exact) mass is 378 g/mol. The standard InChI is InChI=1S/C18H26N4O3S/c1-3-22-10-15(8-19-22)9-20-6-7-21(11-16-5-4-14(2)25-16)18-13-26(23,24)12-17(18)20/h4-5,8,10,17-18H,3,6-7,9,11-13H2,1-2H3/t17-,18+/m1/s1. The summed E-state index contributed by atoms with van der Waals surface area (Å²) in [5.74, 6) is 2.28. The van der Waals surface area contributed by atoms with Crippen LogP contribution in [0.3, 0.4) is 0 Å². The number of hydrogen-bond acceptors (Lipinski definition) is 6. The minimum absolute atomic E-state index is 0.0281. The average Bonchev–Trinajstić information content (AvgIpc) is 3.28. The molecule has 4 rings (SSSR count). The second-order valence-corrected chi connectivity index (χ2v) is 9.52. The molecule has 2 atom stereocenters. The number of fused-ring (bicyclic) bond motifs is 1. The molecule has 26 heavy (non-hydrogen) atoms. The fraction of sp³-hybridized carbons (Fsp3) is 0.611. The highest BCUT2D eigenvalue weighted by Gasteiger charge is 2.46. The summed E-state index contributed by atoms with van der Waals surface area (Å²) >= 11 is 0. The molecular weight excluding hydrogens is 352 g/mol. The maximum Gasteiger partial charge on any atom is 0.153 e. The Bertz CT molecular complexity index is 873. The van der Waals surface area contributed by atoms with Crippen LogP contribution in [0.4, 0.5) is 0 Å². The fourth-order valence-electron chi connectivity index (χ4n) is 4.15. The number of rotatable bonds is 5. The lowest BCUT2D eigenvalue weighted by atomic mass is 10.0. The minimum Gasteiger partial charge on any atom is -0.465 e. The maximum absolute atomic E-state index is 12.4. The van der Waals surface area contributed by atoms with Crippen molar-refractivity contribution in [3.8, 4) is 0 Å². The van der Waals surface area contributed by atoms with Crippen molar-refractivity contribution in [3.05, 3.63) is 41.6 Å². The van der Waals surface area contributed by atoms with Crippen LogP contribution in [-0.4, -0.2) is 64.7 Å². The number of hydrogen-bond donors (Lipinski definition) is 0. The molecule has 0 N–H and O–H groups in total. The first-order chi connectivity index (χ1) is 12.4. The van der Waals surface area contributed by atoms with E-state index in [0.717, 1.165) is 43.3 Å². The molecule has 7 nitrogen and oxygen atoms in total. The van der Waals surface area contributed by atoms with Crippen molar-refractivity contribution >= 4 is 9.84 Å². The molecule has 0 bridgehead atoms. The summed E-state index contributed by atoms with van der Waals surface area (Å²) in [6.45, 7) is 7.96. The Labute approximate surface area is 154 Å². The summed E-state index contributed by atoms with van der Waals surface area (Å²) in [5.41, 5.74) is 1.14. The molecule has 2 aromatic heterocycles. The Morgan fingerprint density at radius 3 is 2.42 bits per heavy atom. The topological polar surface area (TPSA) is 71.6 Å². The van der Waals surface area contributed by atoms with Gasteiger partial charge in [0, 0.05) is 50.0 Å². The Hall–Kier alpha value is -1.64. The Morgan fingerprint density at radius 1 is 1.15 bits per heavy atom. The van der Waals surface area contributed by atoms with Crippen molar-refractivity contribution in [1.29, 1.82) is 0 Å². The fourth-order valence-corrected chi connectivity index (χ4v) is 6.20. The van der Waals surface area contributed by atoms with Crippen LogP contribution in [0.5, 0.6) is 0 Å². The van der Waals surface area contributed by atoms with E-state index < -0.39 is 9.84 Å². The third-order valence-electron chi connectivity index (χ3n) is 5.46. The molecule has 0 radical (unpaired) electrons. The maximum atomic E-state index is 12.4. The van der Waals surface area contributed by atoms with Gasteiger partial charge in [0.25, 0.3) is 0 Å². The minimum atomic E-state index is -3.01. The zero-order valence-electron chi connectivity index (χ0n) is 15.3. The van der Waals surface area contributed by atoms with Gasteiger partial charge in [0.05, 0.1) is 24.2 Å². The molecule has 0 spiro atoms. The van der Waals surface area contributed by atoms with Gasteiger partial charge in [0.1, 0.15) is 11.5 Å². The molecule has 2 saturated heterocycles. The second kappa shape index (κ2) is 6.83. The molecule has 0 aromatic carbocycles. The largest absolute Gasteiger partial charge is 0.465 e. The summed E-state index contributed by atoms with van der Waals surface area (Å²) < 4.78 is 32.3. The van der Waals surface area contributed by atoms with Gasteiger partial charge in [-0.15, -0.1) is 0 Å². The van der Waals surface area contributed by atoms with Gasteiger partial charge in [0.15, 0.2) is 9.84 Å². The number of aryl methyl sites for hydroxylation is 2. The van der Waals surface area contributed by atoms with Crippen LogP contribution >= 0.6 is 0 Å². The average molecular weight is 378 g/mol. The van der Waals surface area contributed by atoms with Gasteiger partial charge < -0.3 is 4.42 Å². The lowest BCUT2D eigenvalue weighted by Gasteiger charge is -2.43. The van der Waals surface area contributed by atoms with Gasteiger partial charge >= 0.3 is 0 Å². The molecule has 0 amide bonds. The van der Waals surface area contributed by atoms with E-state index in [4.69, 9.17) is 4.42 Å². The van der Waals surface area contributed by atoms with Gasteiger partial charge in [-0.05, 0) is 26.0 Å². The van der Waals surface area contributed by atoms with E-state index in [1.165, 1.54) is 0 Å². The van der Waals surface area contributed by atoms with Crippen LogP contribution < -0.4 is 0 Å². The molecule has 0 saturated carbocycles. The third-order valence-corrected chi connectivity index (χ3v) is 7.16. The molecule has 4 heterocycles. The van der Waals surface area contributed by atoms with E-state index in [9.17, 15) is 8.42 Å². The molecular formula is C18H26N4O3S. The third kappa shape index (κ3) is 3.58. The van der Waals surface area contributed by atoms with Crippen LogP contribution in [0, 0.1) is 6.92 Å². The number of piperazine rings is 1. The van der Waals surface area contributed by atoms with Gasteiger partial charge in [-0.3, -0.25) is 14.5 Å². The summed E-state index contributed by atoms with van der Waals surface area (Å²) in [7, 11) is -3.01. The number of furan rings is 1. The van der Waals surface area contributed by atoms with Gasteiger partial charge in [-0.25, -0.2) is 8.42 Å². The number of nitrogens with zero attached hydrogens (tertiary/aromatic N) is 4. The number of sulfone groups is 1. The second-order valence-electron chi connectivity index (χ2n) is 7.37. The molecule has 2 aromatic rings.